The summed E-state index contributed by atoms with van der Waals surface area (Å²) in [5.41, 5.74) is 3.51. The van der Waals surface area contributed by atoms with Crippen LogP contribution >= 0.6 is 0 Å². The van der Waals surface area contributed by atoms with Crippen LogP contribution in [0.15, 0.2) is 86.6 Å². The molecule has 0 fully saturated rings. The van der Waals surface area contributed by atoms with Crippen LogP contribution in [0.4, 0.5) is 4.39 Å². The highest BCUT2D eigenvalue weighted by Crippen LogP contribution is 2.34. The fourth-order valence-corrected chi connectivity index (χ4v) is 3.47. The summed E-state index contributed by atoms with van der Waals surface area (Å²) in [4.78, 5) is 12.5. The predicted molar refractivity (Wildman–Crippen MR) is 110 cm³/mol. The molecule has 142 valence electrons. The molecule has 0 aliphatic heterocycles. The Bertz CT molecular complexity index is 1390. The van der Waals surface area contributed by atoms with E-state index in [0.717, 1.165) is 27.5 Å². The average Bonchev–Trinajstić information content (AvgIpc) is 3.15. The number of halogens is 1. The average molecular weight is 386 g/mol. The van der Waals surface area contributed by atoms with E-state index in [1.807, 2.05) is 24.3 Å². The molecule has 0 saturated carbocycles. The van der Waals surface area contributed by atoms with E-state index in [-0.39, 0.29) is 5.82 Å². The third-order valence-electron chi connectivity index (χ3n) is 4.98. The van der Waals surface area contributed by atoms with Gasteiger partial charge in [0.25, 0.3) is 0 Å². The Balaban J connectivity index is 1.69. The van der Waals surface area contributed by atoms with Gasteiger partial charge < -0.3 is 13.6 Å². The summed E-state index contributed by atoms with van der Waals surface area (Å²) in [5, 5.41) is 1.63. The van der Waals surface area contributed by atoms with Crippen molar-refractivity contribution in [1.29, 1.82) is 0 Å². The molecular formula is C24H15FO4. The van der Waals surface area contributed by atoms with Gasteiger partial charge in [0.1, 0.15) is 22.7 Å². The summed E-state index contributed by atoms with van der Waals surface area (Å²) < 4.78 is 29.6. The minimum absolute atomic E-state index is 0.294. The Hall–Kier alpha value is -3.86. The summed E-state index contributed by atoms with van der Waals surface area (Å²) >= 11 is 0. The number of hydrogen-bond acceptors (Lipinski definition) is 4. The maximum Gasteiger partial charge on any atom is 0.344 e. The molecular weight excluding hydrogens is 371 g/mol. The molecule has 0 saturated heterocycles. The smallest absolute Gasteiger partial charge is 0.344 e. The number of furan rings is 1. The fraction of sp³-hybridized carbons (Fsp3) is 0.0417. The molecule has 0 unspecified atom stereocenters. The number of methoxy groups -OCH3 is 1. The third kappa shape index (κ3) is 2.97. The van der Waals surface area contributed by atoms with Crippen molar-refractivity contribution in [2.24, 2.45) is 0 Å². The van der Waals surface area contributed by atoms with Crippen LogP contribution in [-0.4, -0.2) is 7.11 Å². The van der Waals surface area contributed by atoms with Gasteiger partial charge in [-0.1, -0.05) is 24.3 Å². The van der Waals surface area contributed by atoms with Crippen LogP contribution in [-0.2, 0) is 0 Å². The van der Waals surface area contributed by atoms with Crippen molar-refractivity contribution in [3.05, 3.63) is 89.2 Å². The third-order valence-corrected chi connectivity index (χ3v) is 4.98. The zero-order valence-corrected chi connectivity index (χ0v) is 15.4. The van der Waals surface area contributed by atoms with Crippen molar-refractivity contribution in [3.8, 4) is 28.0 Å². The SMILES string of the molecule is COc1ccc(-c2cc3cc4c(-c5ccc(F)cc5)coc4cc3oc2=O)cc1. The molecule has 5 aromatic rings. The lowest BCUT2D eigenvalue weighted by Crippen LogP contribution is -2.02. The lowest BCUT2D eigenvalue weighted by atomic mass is 10.0. The summed E-state index contributed by atoms with van der Waals surface area (Å²) in [5.74, 6) is 0.417. The molecule has 0 radical (unpaired) electrons. The number of rotatable bonds is 3. The zero-order valence-electron chi connectivity index (χ0n) is 15.4. The van der Waals surface area contributed by atoms with Gasteiger partial charge in [-0.15, -0.1) is 0 Å². The first kappa shape index (κ1) is 17.3. The lowest BCUT2D eigenvalue weighted by molar-refractivity contribution is 0.415. The number of fused-ring (bicyclic) bond motifs is 2. The molecule has 0 bridgehead atoms. The normalized spacial score (nSPS) is 11.2. The first-order valence-electron chi connectivity index (χ1n) is 9.02. The van der Waals surface area contributed by atoms with Gasteiger partial charge in [-0.05, 0) is 47.5 Å². The molecule has 0 aliphatic carbocycles. The fourth-order valence-electron chi connectivity index (χ4n) is 3.47. The Morgan fingerprint density at radius 3 is 2.24 bits per heavy atom. The summed E-state index contributed by atoms with van der Waals surface area (Å²) in [6, 6.07) is 18.9. The first-order chi connectivity index (χ1) is 14.1. The van der Waals surface area contributed by atoms with Gasteiger partial charge in [0.05, 0.1) is 18.9 Å². The molecule has 5 rings (SSSR count). The molecule has 0 aliphatic rings. The first-order valence-corrected chi connectivity index (χ1v) is 9.02. The van der Waals surface area contributed by atoms with Gasteiger partial charge in [0.15, 0.2) is 0 Å². The number of benzene rings is 3. The monoisotopic (exact) mass is 386 g/mol. The minimum Gasteiger partial charge on any atom is -0.497 e. The van der Waals surface area contributed by atoms with Crippen LogP contribution in [0.2, 0.25) is 0 Å². The van der Waals surface area contributed by atoms with E-state index in [0.29, 0.717) is 22.5 Å². The Labute approximate surface area is 164 Å². The van der Waals surface area contributed by atoms with Crippen LogP contribution in [0.1, 0.15) is 0 Å². The number of hydrogen-bond donors (Lipinski definition) is 0. The summed E-state index contributed by atoms with van der Waals surface area (Å²) in [6.07, 6.45) is 1.62. The topological polar surface area (TPSA) is 52.6 Å². The Morgan fingerprint density at radius 1 is 0.828 bits per heavy atom. The van der Waals surface area contributed by atoms with E-state index in [1.54, 1.807) is 43.7 Å². The van der Waals surface area contributed by atoms with E-state index in [9.17, 15) is 9.18 Å². The van der Waals surface area contributed by atoms with Crippen molar-refractivity contribution in [3.63, 3.8) is 0 Å². The van der Waals surface area contributed by atoms with Crippen LogP contribution in [0.25, 0.3) is 44.2 Å². The van der Waals surface area contributed by atoms with Crippen molar-refractivity contribution in [2.75, 3.05) is 7.11 Å². The molecule has 2 aromatic heterocycles. The molecule has 0 atom stereocenters. The molecule has 0 amide bonds. The highest BCUT2D eigenvalue weighted by atomic mass is 19.1. The van der Waals surface area contributed by atoms with Crippen molar-refractivity contribution >= 4 is 21.9 Å². The van der Waals surface area contributed by atoms with Crippen molar-refractivity contribution in [2.45, 2.75) is 0 Å². The molecule has 29 heavy (non-hydrogen) atoms. The molecule has 5 heteroatoms. The molecule has 0 spiro atoms. The number of ether oxygens (including phenoxy) is 1. The van der Waals surface area contributed by atoms with E-state index in [1.165, 1.54) is 12.1 Å². The second kappa shape index (κ2) is 6.63. The van der Waals surface area contributed by atoms with E-state index < -0.39 is 5.63 Å². The maximum atomic E-state index is 13.3. The van der Waals surface area contributed by atoms with Gasteiger partial charge in [-0.25, -0.2) is 9.18 Å². The molecule has 2 heterocycles. The van der Waals surface area contributed by atoms with Gasteiger partial charge in [-0.2, -0.15) is 0 Å². The van der Waals surface area contributed by atoms with Crippen LogP contribution in [0, 0.1) is 5.82 Å². The molecule has 0 N–H and O–H groups in total. The Morgan fingerprint density at radius 2 is 1.52 bits per heavy atom. The Kier molecular flexibility index (Phi) is 3.95. The maximum absolute atomic E-state index is 13.3. The largest absolute Gasteiger partial charge is 0.497 e. The highest BCUT2D eigenvalue weighted by Gasteiger charge is 2.13. The van der Waals surface area contributed by atoms with Crippen molar-refractivity contribution in [1.82, 2.24) is 0 Å². The standard InChI is InChI=1S/C24H15FO4/c1-27-18-8-4-14(5-9-18)19-10-16-11-20-21(15-2-6-17(25)7-3-15)13-28-23(20)12-22(16)29-24(19)26/h2-13H,1H3. The highest BCUT2D eigenvalue weighted by molar-refractivity contribution is 6.02. The van der Waals surface area contributed by atoms with E-state index in [2.05, 4.69) is 0 Å². The molecule has 4 nitrogen and oxygen atoms in total. The van der Waals surface area contributed by atoms with Gasteiger partial charge in [-0.3, -0.25) is 0 Å². The lowest BCUT2D eigenvalue weighted by Gasteiger charge is -2.05. The van der Waals surface area contributed by atoms with Crippen LogP contribution in [0.3, 0.4) is 0 Å². The second-order valence-electron chi connectivity index (χ2n) is 6.72. The molecule has 3 aromatic carbocycles. The van der Waals surface area contributed by atoms with Crippen LogP contribution in [0.5, 0.6) is 5.75 Å². The van der Waals surface area contributed by atoms with Crippen LogP contribution < -0.4 is 10.4 Å². The van der Waals surface area contributed by atoms with E-state index in [4.69, 9.17) is 13.6 Å². The quantitative estimate of drug-likeness (QED) is 0.356. The van der Waals surface area contributed by atoms with Gasteiger partial charge in [0.2, 0.25) is 0 Å². The van der Waals surface area contributed by atoms with Gasteiger partial charge >= 0.3 is 5.63 Å². The van der Waals surface area contributed by atoms with Gasteiger partial charge in [0, 0.05) is 22.4 Å². The summed E-state index contributed by atoms with van der Waals surface area (Å²) in [6.45, 7) is 0. The minimum atomic E-state index is -0.424. The van der Waals surface area contributed by atoms with E-state index >= 15 is 0 Å². The second-order valence-corrected chi connectivity index (χ2v) is 6.72. The zero-order chi connectivity index (χ0) is 20.0. The summed E-state index contributed by atoms with van der Waals surface area (Å²) in [7, 11) is 1.59. The predicted octanol–water partition coefficient (Wildman–Crippen LogP) is 6.02. The van der Waals surface area contributed by atoms with Crippen molar-refractivity contribution < 1.29 is 18.0 Å².